The Hall–Kier alpha value is -3.94. The smallest absolute Gasteiger partial charge is 0.306 e. The van der Waals surface area contributed by atoms with Gasteiger partial charge in [-0.3, -0.25) is 19.3 Å². The lowest BCUT2D eigenvalue weighted by Crippen LogP contribution is -2.30. The summed E-state index contributed by atoms with van der Waals surface area (Å²) < 4.78 is 5.97. The molecule has 3 aromatic rings. The lowest BCUT2D eigenvalue weighted by Gasteiger charge is -2.15. The average molecular weight is 503 g/mol. The molecule has 8 nitrogen and oxygen atoms in total. The summed E-state index contributed by atoms with van der Waals surface area (Å²) in [4.78, 5) is 38.1. The molecule has 2 amide bonds. The molecule has 8 heteroatoms. The largest absolute Gasteiger partial charge is 0.481 e. The van der Waals surface area contributed by atoms with Gasteiger partial charge in [0.25, 0.3) is 11.8 Å². The monoisotopic (exact) mass is 502 g/mol. The predicted octanol–water partition coefficient (Wildman–Crippen LogP) is 5.44. The van der Waals surface area contributed by atoms with E-state index in [9.17, 15) is 24.7 Å². The number of benzene rings is 2. The number of carbonyl (C=O) groups excluding carboxylic acids is 2. The second kappa shape index (κ2) is 10.6. The second-order valence-electron chi connectivity index (χ2n) is 9.86. The highest BCUT2D eigenvalue weighted by molar-refractivity contribution is 6.21. The van der Waals surface area contributed by atoms with Gasteiger partial charge in [0.2, 0.25) is 0 Å². The summed E-state index contributed by atoms with van der Waals surface area (Å²) in [6, 6.07) is 12.5. The van der Waals surface area contributed by atoms with Crippen molar-refractivity contribution < 1.29 is 29.1 Å². The number of hydrogen-bond acceptors (Lipinski definition) is 6. The summed E-state index contributed by atoms with van der Waals surface area (Å²) in [5.74, 6) is -1.09. The van der Waals surface area contributed by atoms with Crippen LogP contribution in [0.25, 0.3) is 11.0 Å². The van der Waals surface area contributed by atoms with Crippen molar-refractivity contribution in [3.63, 3.8) is 0 Å². The maximum absolute atomic E-state index is 12.5. The fourth-order valence-electron chi connectivity index (χ4n) is 5.50. The number of fused-ring (bicyclic) bond motifs is 4. The lowest BCUT2D eigenvalue weighted by molar-refractivity contribution is -0.141. The van der Waals surface area contributed by atoms with Gasteiger partial charge in [0.05, 0.1) is 22.8 Å². The summed E-state index contributed by atoms with van der Waals surface area (Å²) in [6.07, 6.45) is 6.50. The van der Waals surface area contributed by atoms with E-state index in [1.165, 1.54) is 10.5 Å². The number of aryl methyl sites for hydroxylation is 2. The van der Waals surface area contributed by atoms with Crippen molar-refractivity contribution in [1.82, 2.24) is 4.90 Å². The molecule has 2 aromatic carbocycles. The number of furan rings is 1. The Labute approximate surface area is 214 Å². The lowest BCUT2D eigenvalue weighted by atomic mass is 9.92. The van der Waals surface area contributed by atoms with Crippen LogP contribution in [0.15, 0.2) is 52.0 Å². The normalized spacial score (nSPS) is 15.9. The van der Waals surface area contributed by atoms with Crippen molar-refractivity contribution in [2.75, 3.05) is 6.54 Å². The Bertz CT molecular complexity index is 1350. The van der Waals surface area contributed by atoms with Crippen molar-refractivity contribution >= 4 is 34.5 Å². The molecule has 0 fully saturated rings. The zero-order chi connectivity index (χ0) is 25.9. The molecule has 2 heterocycles. The van der Waals surface area contributed by atoms with Gasteiger partial charge in [-0.25, -0.2) is 0 Å². The van der Waals surface area contributed by atoms with Crippen LogP contribution in [0, 0.1) is 5.92 Å². The van der Waals surface area contributed by atoms with Crippen molar-refractivity contribution in [3.8, 4) is 0 Å². The highest BCUT2D eigenvalue weighted by Crippen LogP contribution is 2.33. The number of aliphatic carboxylic acids is 1. The topological polar surface area (TPSA) is 120 Å². The highest BCUT2D eigenvalue weighted by Gasteiger charge is 2.34. The van der Waals surface area contributed by atoms with E-state index in [0.29, 0.717) is 48.2 Å². The van der Waals surface area contributed by atoms with Gasteiger partial charge in [-0.15, -0.1) is 0 Å². The Morgan fingerprint density at radius 3 is 2.43 bits per heavy atom. The van der Waals surface area contributed by atoms with Crippen LogP contribution in [-0.4, -0.2) is 45.3 Å². The molecule has 1 aliphatic carbocycles. The number of unbranched alkanes of at least 4 members (excludes halogenated alkanes) is 3. The van der Waals surface area contributed by atoms with Gasteiger partial charge >= 0.3 is 5.97 Å². The van der Waals surface area contributed by atoms with Gasteiger partial charge in [0.15, 0.2) is 0 Å². The number of imide groups is 1. The molecule has 2 aliphatic rings. The number of amides is 2. The fourth-order valence-corrected chi connectivity index (χ4v) is 5.50. The first kappa shape index (κ1) is 24.7. The van der Waals surface area contributed by atoms with Crippen molar-refractivity contribution in [3.05, 3.63) is 70.5 Å². The number of oxime groups is 1. The van der Waals surface area contributed by atoms with Gasteiger partial charge in [0.1, 0.15) is 11.3 Å². The average Bonchev–Trinajstić information content (AvgIpc) is 3.56. The summed E-state index contributed by atoms with van der Waals surface area (Å²) in [5.41, 5.74) is 3.89. The first-order valence-corrected chi connectivity index (χ1v) is 12.9. The third-order valence-corrected chi connectivity index (χ3v) is 7.51. The van der Waals surface area contributed by atoms with Crippen molar-refractivity contribution in [2.45, 2.75) is 57.8 Å². The van der Waals surface area contributed by atoms with Crippen LogP contribution in [0.3, 0.4) is 0 Å². The molecular weight excluding hydrogens is 472 g/mol. The molecule has 1 aromatic heterocycles. The Morgan fingerprint density at radius 1 is 1.00 bits per heavy atom. The third kappa shape index (κ3) is 4.88. The maximum Gasteiger partial charge on any atom is 0.306 e. The van der Waals surface area contributed by atoms with Crippen LogP contribution < -0.4 is 0 Å². The van der Waals surface area contributed by atoms with Crippen LogP contribution in [0.1, 0.15) is 82.5 Å². The number of nitrogens with zero attached hydrogens (tertiary/aromatic N) is 2. The molecule has 192 valence electrons. The number of hydrogen-bond donors (Lipinski definition) is 2. The van der Waals surface area contributed by atoms with E-state index in [1.807, 2.05) is 18.2 Å². The zero-order valence-electron chi connectivity index (χ0n) is 20.6. The first-order chi connectivity index (χ1) is 18.0. The van der Waals surface area contributed by atoms with E-state index in [1.54, 1.807) is 24.3 Å². The molecule has 0 spiro atoms. The standard InChI is InChI=1S/C29H30N2O6/c32-27-22-9-4-5-10-23(22)28(33)31(27)15-6-2-1-3-8-19(29(34)35)16-24(30-36)18-13-14-21-20-11-7-12-25(20)37-26(21)17-18/h4-5,9-10,13-14,17,19,36H,1-3,6-8,11-12,15-16H2,(H,34,35). The maximum atomic E-state index is 12.5. The number of carbonyl (C=O) groups is 3. The Kier molecular flexibility index (Phi) is 7.08. The number of rotatable bonds is 11. The molecule has 5 rings (SSSR count). The van der Waals surface area contributed by atoms with E-state index in [-0.39, 0.29) is 18.2 Å². The molecule has 37 heavy (non-hydrogen) atoms. The fraction of sp³-hybridized carbons (Fsp3) is 0.379. The van der Waals surface area contributed by atoms with Crippen LogP contribution >= 0.6 is 0 Å². The molecule has 0 saturated heterocycles. The summed E-state index contributed by atoms with van der Waals surface area (Å²) in [6.45, 7) is 0.356. The second-order valence-corrected chi connectivity index (χ2v) is 9.86. The Morgan fingerprint density at radius 2 is 1.73 bits per heavy atom. The van der Waals surface area contributed by atoms with E-state index in [4.69, 9.17) is 4.42 Å². The SMILES string of the molecule is O=C(O)C(CCCCCCN1C(=O)c2ccccc2C1=O)CC(=NO)c1ccc2c3c(oc2c1)CCC3. The van der Waals surface area contributed by atoms with Gasteiger partial charge in [0, 0.05) is 35.9 Å². The minimum Gasteiger partial charge on any atom is -0.481 e. The molecule has 1 aliphatic heterocycles. The molecule has 0 saturated carbocycles. The molecule has 0 radical (unpaired) electrons. The molecular formula is C29H30N2O6. The van der Waals surface area contributed by atoms with Gasteiger partial charge < -0.3 is 14.7 Å². The van der Waals surface area contributed by atoms with E-state index in [2.05, 4.69) is 5.16 Å². The first-order valence-electron chi connectivity index (χ1n) is 12.9. The molecule has 1 unspecified atom stereocenters. The van der Waals surface area contributed by atoms with E-state index in [0.717, 1.165) is 48.8 Å². The van der Waals surface area contributed by atoms with Crippen LogP contribution in [0.2, 0.25) is 0 Å². The van der Waals surface area contributed by atoms with E-state index >= 15 is 0 Å². The van der Waals surface area contributed by atoms with Crippen LogP contribution in [0.5, 0.6) is 0 Å². The molecule has 1 atom stereocenters. The highest BCUT2D eigenvalue weighted by atomic mass is 16.4. The van der Waals surface area contributed by atoms with Crippen molar-refractivity contribution in [1.29, 1.82) is 0 Å². The molecule has 2 N–H and O–H groups in total. The van der Waals surface area contributed by atoms with Crippen LogP contribution in [0.4, 0.5) is 0 Å². The van der Waals surface area contributed by atoms with E-state index < -0.39 is 11.9 Å². The zero-order valence-corrected chi connectivity index (χ0v) is 20.6. The Balaban J connectivity index is 1.11. The van der Waals surface area contributed by atoms with Gasteiger partial charge in [-0.05, 0) is 43.9 Å². The predicted molar refractivity (Wildman–Crippen MR) is 137 cm³/mol. The van der Waals surface area contributed by atoms with Crippen molar-refractivity contribution in [2.24, 2.45) is 11.1 Å². The third-order valence-electron chi connectivity index (χ3n) is 7.51. The summed E-state index contributed by atoms with van der Waals surface area (Å²) in [5, 5.41) is 23.9. The quantitative estimate of drug-likeness (QED) is 0.118. The van der Waals surface area contributed by atoms with Gasteiger partial charge in [-0.2, -0.15) is 0 Å². The molecule has 0 bridgehead atoms. The summed E-state index contributed by atoms with van der Waals surface area (Å²) >= 11 is 0. The number of carboxylic acid groups (broad SMARTS) is 1. The van der Waals surface area contributed by atoms with Crippen LogP contribution in [-0.2, 0) is 17.6 Å². The minimum absolute atomic E-state index is 0.118. The number of carboxylic acids is 1. The minimum atomic E-state index is -0.926. The summed E-state index contributed by atoms with van der Waals surface area (Å²) in [7, 11) is 0. The van der Waals surface area contributed by atoms with Gasteiger partial charge in [-0.1, -0.05) is 48.7 Å².